The monoisotopic (exact) mass is 384 g/mol. The van der Waals surface area contributed by atoms with E-state index in [9.17, 15) is 4.79 Å². The van der Waals surface area contributed by atoms with Crippen LogP contribution in [0.5, 0.6) is 0 Å². The van der Waals surface area contributed by atoms with Crippen LogP contribution in [0.15, 0.2) is 18.5 Å². The quantitative estimate of drug-likeness (QED) is 0.756. The van der Waals surface area contributed by atoms with Crippen molar-refractivity contribution in [3.05, 3.63) is 18.5 Å². The first-order chi connectivity index (χ1) is 13.6. The van der Waals surface area contributed by atoms with Gasteiger partial charge in [0.05, 0.1) is 12.1 Å². The van der Waals surface area contributed by atoms with Crippen molar-refractivity contribution in [3.8, 4) is 0 Å². The number of nitrogens with two attached hydrogens (primary N) is 1. The Morgan fingerprint density at radius 3 is 2.86 bits per heavy atom. The standard InChI is InChI=1S/C19H28N8O/c1-25-7-9-26(10-8-25)12-17(28)23-14-3-2-6-27(11-14)16-5-4-15-18(24-16)19(20)22-13-21-15/h4-5,13-14H,2-3,6-12H2,1H3,(H,23,28)(H2,20,21,22). The third-order valence-electron chi connectivity index (χ3n) is 5.57. The Hall–Kier alpha value is -2.52. The molecule has 2 aliphatic heterocycles. The van der Waals surface area contributed by atoms with Gasteiger partial charge in [0.25, 0.3) is 0 Å². The van der Waals surface area contributed by atoms with E-state index in [0.717, 1.165) is 63.4 Å². The van der Waals surface area contributed by atoms with Crippen LogP contribution in [0.4, 0.5) is 11.6 Å². The largest absolute Gasteiger partial charge is 0.382 e. The number of carbonyl (C=O) groups excluding carboxylic acids is 1. The Balaban J connectivity index is 1.36. The molecule has 2 aliphatic rings. The molecule has 28 heavy (non-hydrogen) atoms. The van der Waals surface area contributed by atoms with Crippen molar-refractivity contribution < 1.29 is 4.79 Å². The SMILES string of the molecule is CN1CCN(CC(=O)NC2CCCN(c3ccc4ncnc(N)c4n3)C2)CC1. The molecule has 2 aromatic rings. The van der Waals surface area contributed by atoms with Crippen LogP contribution in [0.3, 0.4) is 0 Å². The summed E-state index contributed by atoms with van der Waals surface area (Å²) in [6, 6.07) is 4.02. The fourth-order valence-electron chi connectivity index (χ4n) is 3.91. The van der Waals surface area contributed by atoms with Crippen LogP contribution in [0.2, 0.25) is 0 Å². The molecular weight excluding hydrogens is 356 g/mol. The van der Waals surface area contributed by atoms with Crippen molar-refractivity contribution in [2.24, 2.45) is 0 Å². The summed E-state index contributed by atoms with van der Waals surface area (Å²) in [5.74, 6) is 1.36. The molecule has 1 amide bonds. The first kappa shape index (κ1) is 18.8. The normalized spacial score (nSPS) is 21.8. The minimum Gasteiger partial charge on any atom is -0.382 e. The maximum absolute atomic E-state index is 12.5. The van der Waals surface area contributed by atoms with Crippen molar-refractivity contribution in [1.82, 2.24) is 30.1 Å². The van der Waals surface area contributed by atoms with Gasteiger partial charge in [-0.2, -0.15) is 0 Å². The lowest BCUT2D eigenvalue weighted by Gasteiger charge is -2.35. The van der Waals surface area contributed by atoms with Gasteiger partial charge in [0.2, 0.25) is 5.91 Å². The highest BCUT2D eigenvalue weighted by Crippen LogP contribution is 2.22. The molecule has 2 saturated heterocycles. The molecule has 0 radical (unpaired) electrons. The molecule has 4 heterocycles. The first-order valence-corrected chi connectivity index (χ1v) is 9.91. The second kappa shape index (κ2) is 8.24. The zero-order chi connectivity index (χ0) is 19.5. The van der Waals surface area contributed by atoms with Crippen LogP contribution in [0.25, 0.3) is 11.0 Å². The lowest BCUT2D eigenvalue weighted by atomic mass is 10.1. The van der Waals surface area contributed by atoms with E-state index in [0.29, 0.717) is 17.9 Å². The molecule has 4 rings (SSSR count). The highest BCUT2D eigenvalue weighted by atomic mass is 16.2. The number of aromatic nitrogens is 3. The summed E-state index contributed by atoms with van der Waals surface area (Å²) in [5.41, 5.74) is 7.32. The minimum atomic E-state index is 0.112. The molecular formula is C19H28N8O. The van der Waals surface area contributed by atoms with Crippen LogP contribution < -0.4 is 16.0 Å². The zero-order valence-corrected chi connectivity index (χ0v) is 16.3. The summed E-state index contributed by atoms with van der Waals surface area (Å²) in [5, 5.41) is 3.21. The molecule has 0 saturated carbocycles. The van der Waals surface area contributed by atoms with Gasteiger partial charge in [-0.1, -0.05) is 0 Å². The lowest BCUT2D eigenvalue weighted by Crippen LogP contribution is -2.52. The van der Waals surface area contributed by atoms with Gasteiger partial charge in [-0.15, -0.1) is 0 Å². The van der Waals surface area contributed by atoms with Gasteiger partial charge >= 0.3 is 0 Å². The Labute approximate surface area is 164 Å². The van der Waals surface area contributed by atoms with Gasteiger partial charge in [0, 0.05) is 45.3 Å². The lowest BCUT2D eigenvalue weighted by molar-refractivity contribution is -0.123. The molecule has 2 aromatic heterocycles. The van der Waals surface area contributed by atoms with Crippen LogP contribution in [0.1, 0.15) is 12.8 Å². The molecule has 1 atom stereocenters. The average molecular weight is 384 g/mol. The van der Waals surface area contributed by atoms with Gasteiger partial charge < -0.3 is 20.9 Å². The topological polar surface area (TPSA) is 104 Å². The van der Waals surface area contributed by atoms with Crippen molar-refractivity contribution in [2.75, 3.05) is 63.5 Å². The van der Waals surface area contributed by atoms with Crippen molar-refractivity contribution in [2.45, 2.75) is 18.9 Å². The van der Waals surface area contributed by atoms with Crippen LogP contribution in [-0.4, -0.2) is 89.6 Å². The molecule has 0 bridgehead atoms. The van der Waals surface area contributed by atoms with Crippen molar-refractivity contribution in [3.63, 3.8) is 0 Å². The van der Waals surface area contributed by atoms with Crippen molar-refractivity contribution in [1.29, 1.82) is 0 Å². The highest BCUT2D eigenvalue weighted by molar-refractivity contribution is 5.85. The maximum atomic E-state index is 12.5. The predicted molar refractivity (Wildman–Crippen MR) is 109 cm³/mol. The molecule has 9 nitrogen and oxygen atoms in total. The van der Waals surface area contributed by atoms with Crippen LogP contribution in [-0.2, 0) is 4.79 Å². The minimum absolute atomic E-state index is 0.112. The number of hydrogen-bond acceptors (Lipinski definition) is 8. The summed E-state index contributed by atoms with van der Waals surface area (Å²) in [6.45, 7) is 6.08. The van der Waals surface area contributed by atoms with Gasteiger partial charge in [-0.3, -0.25) is 9.69 Å². The number of nitrogen functional groups attached to an aromatic ring is 1. The number of piperidine rings is 1. The number of fused-ring (bicyclic) bond motifs is 1. The van der Waals surface area contributed by atoms with E-state index >= 15 is 0 Å². The number of likely N-dealkylation sites (N-methyl/N-ethyl adjacent to an activating group) is 1. The van der Waals surface area contributed by atoms with E-state index in [-0.39, 0.29) is 11.9 Å². The zero-order valence-electron chi connectivity index (χ0n) is 16.3. The molecule has 150 valence electrons. The third-order valence-corrected chi connectivity index (χ3v) is 5.57. The number of hydrogen-bond donors (Lipinski definition) is 2. The Morgan fingerprint density at radius 2 is 2.04 bits per heavy atom. The van der Waals surface area contributed by atoms with Gasteiger partial charge in [-0.25, -0.2) is 15.0 Å². The number of pyridine rings is 1. The second-order valence-electron chi connectivity index (χ2n) is 7.73. The third kappa shape index (κ3) is 4.31. The summed E-state index contributed by atoms with van der Waals surface area (Å²) in [7, 11) is 2.12. The highest BCUT2D eigenvalue weighted by Gasteiger charge is 2.24. The van der Waals surface area contributed by atoms with Crippen molar-refractivity contribution >= 4 is 28.6 Å². The predicted octanol–water partition coefficient (Wildman–Crippen LogP) is -0.0606. The van der Waals surface area contributed by atoms with E-state index in [4.69, 9.17) is 5.73 Å². The molecule has 0 aliphatic carbocycles. The fourth-order valence-corrected chi connectivity index (χ4v) is 3.91. The summed E-state index contributed by atoms with van der Waals surface area (Å²) in [6.07, 6.45) is 3.45. The summed E-state index contributed by atoms with van der Waals surface area (Å²) < 4.78 is 0. The Morgan fingerprint density at radius 1 is 1.21 bits per heavy atom. The molecule has 0 spiro atoms. The Kier molecular flexibility index (Phi) is 5.54. The molecule has 9 heteroatoms. The smallest absolute Gasteiger partial charge is 0.234 e. The van der Waals surface area contributed by atoms with E-state index < -0.39 is 0 Å². The number of carbonyl (C=O) groups is 1. The Bertz CT molecular complexity index is 836. The number of amides is 1. The molecule has 2 fully saturated rings. The second-order valence-corrected chi connectivity index (χ2v) is 7.73. The molecule has 3 N–H and O–H groups in total. The van der Waals surface area contributed by atoms with Gasteiger partial charge in [0.15, 0.2) is 5.82 Å². The van der Waals surface area contributed by atoms with Gasteiger partial charge in [-0.05, 0) is 32.0 Å². The molecule has 0 aromatic carbocycles. The van der Waals surface area contributed by atoms with E-state index in [2.05, 4.69) is 42.0 Å². The molecule has 1 unspecified atom stereocenters. The number of nitrogens with one attached hydrogen (secondary N) is 1. The van der Waals surface area contributed by atoms with E-state index in [1.165, 1.54) is 6.33 Å². The number of piperazine rings is 1. The number of nitrogens with zero attached hydrogens (tertiary/aromatic N) is 6. The summed E-state index contributed by atoms with van der Waals surface area (Å²) >= 11 is 0. The van der Waals surface area contributed by atoms with Crippen LogP contribution in [0, 0.1) is 0 Å². The fraction of sp³-hybridized carbons (Fsp3) is 0.579. The van der Waals surface area contributed by atoms with Crippen LogP contribution >= 0.6 is 0 Å². The number of anilines is 2. The van der Waals surface area contributed by atoms with Gasteiger partial charge in [0.1, 0.15) is 17.7 Å². The number of rotatable bonds is 4. The van der Waals surface area contributed by atoms with E-state index in [1.807, 2.05) is 12.1 Å². The maximum Gasteiger partial charge on any atom is 0.234 e. The summed E-state index contributed by atoms with van der Waals surface area (Å²) in [4.78, 5) is 32.1. The van der Waals surface area contributed by atoms with E-state index in [1.54, 1.807) is 0 Å². The average Bonchev–Trinajstić information content (AvgIpc) is 2.70. The first-order valence-electron chi connectivity index (χ1n) is 9.91.